The third-order valence-corrected chi connectivity index (χ3v) is 3.23. The fourth-order valence-electron chi connectivity index (χ4n) is 2.29. The average molecular weight is 236 g/mol. The van der Waals surface area contributed by atoms with Crippen LogP contribution in [0.5, 0.6) is 0 Å². The summed E-state index contributed by atoms with van der Waals surface area (Å²) in [6, 6.07) is 3.58. The second-order valence-electron chi connectivity index (χ2n) is 4.47. The van der Waals surface area contributed by atoms with Crippen LogP contribution in [0.15, 0.2) is 18.3 Å². The third-order valence-electron chi connectivity index (χ3n) is 3.23. The fraction of sp³-hybridized carbons (Fsp3) is 0.545. The number of aromatic nitrogens is 1. The molecular formula is C11H16N4O2. The highest BCUT2D eigenvalue weighted by Gasteiger charge is 2.29. The second-order valence-corrected chi connectivity index (χ2v) is 4.47. The quantitative estimate of drug-likeness (QED) is 0.628. The summed E-state index contributed by atoms with van der Waals surface area (Å²) in [6.07, 6.45) is 2.35. The molecule has 0 aromatic carbocycles. The number of rotatable bonds is 3. The largest absolute Gasteiger partial charge is 0.354 e. The van der Waals surface area contributed by atoms with Crippen molar-refractivity contribution in [2.24, 2.45) is 11.7 Å². The van der Waals surface area contributed by atoms with E-state index in [1.807, 2.05) is 0 Å². The molecule has 0 bridgehead atoms. The Morgan fingerprint density at radius 1 is 1.65 bits per heavy atom. The van der Waals surface area contributed by atoms with E-state index in [2.05, 4.69) is 16.8 Å². The van der Waals surface area contributed by atoms with Crippen LogP contribution in [0.4, 0.5) is 11.5 Å². The van der Waals surface area contributed by atoms with Crippen LogP contribution >= 0.6 is 0 Å². The van der Waals surface area contributed by atoms with Crippen molar-refractivity contribution in [2.45, 2.75) is 19.4 Å². The Bertz CT molecular complexity index is 406. The van der Waals surface area contributed by atoms with Gasteiger partial charge in [0, 0.05) is 18.7 Å². The Labute approximate surface area is 99.6 Å². The predicted molar refractivity (Wildman–Crippen MR) is 64.9 cm³/mol. The topological polar surface area (TPSA) is 85.3 Å². The summed E-state index contributed by atoms with van der Waals surface area (Å²) in [5.74, 6) is 1.28. The van der Waals surface area contributed by atoms with Crippen LogP contribution in [-0.2, 0) is 0 Å². The van der Waals surface area contributed by atoms with Gasteiger partial charge in [0.05, 0.1) is 4.92 Å². The standard InChI is InChI=1S/C11H16N4O2/c1-8-4-9(5-12)7-14(8)11-3-2-10(6-13-11)15(16)17/h2-3,6,8-9H,4-5,7,12H2,1H3. The number of hydrogen-bond acceptors (Lipinski definition) is 5. The van der Waals surface area contributed by atoms with Gasteiger partial charge >= 0.3 is 0 Å². The van der Waals surface area contributed by atoms with Gasteiger partial charge < -0.3 is 10.6 Å². The Morgan fingerprint density at radius 3 is 2.88 bits per heavy atom. The average Bonchev–Trinajstić information content (AvgIpc) is 2.71. The Balaban J connectivity index is 2.15. The Morgan fingerprint density at radius 2 is 2.41 bits per heavy atom. The number of nitro groups is 1. The molecule has 1 aromatic heterocycles. The van der Waals surface area contributed by atoms with E-state index < -0.39 is 4.92 Å². The molecule has 6 nitrogen and oxygen atoms in total. The molecule has 1 saturated heterocycles. The molecule has 1 aromatic rings. The smallest absolute Gasteiger partial charge is 0.287 e. The van der Waals surface area contributed by atoms with Crippen LogP contribution < -0.4 is 10.6 Å². The first-order valence-electron chi connectivity index (χ1n) is 5.69. The molecule has 1 aliphatic rings. The van der Waals surface area contributed by atoms with Gasteiger partial charge in [-0.1, -0.05) is 0 Å². The van der Waals surface area contributed by atoms with Crippen molar-refractivity contribution < 1.29 is 4.92 Å². The zero-order chi connectivity index (χ0) is 12.4. The van der Waals surface area contributed by atoms with Crippen molar-refractivity contribution in [2.75, 3.05) is 18.0 Å². The second kappa shape index (κ2) is 4.67. The maximum atomic E-state index is 10.5. The number of hydrogen-bond donors (Lipinski definition) is 1. The normalized spacial score (nSPS) is 24.0. The molecule has 17 heavy (non-hydrogen) atoms. The maximum absolute atomic E-state index is 10.5. The molecule has 2 N–H and O–H groups in total. The van der Waals surface area contributed by atoms with E-state index in [4.69, 9.17) is 5.73 Å². The van der Waals surface area contributed by atoms with Crippen molar-refractivity contribution in [3.8, 4) is 0 Å². The van der Waals surface area contributed by atoms with Gasteiger partial charge in [0.1, 0.15) is 12.0 Å². The fourth-order valence-corrected chi connectivity index (χ4v) is 2.29. The van der Waals surface area contributed by atoms with E-state index in [1.54, 1.807) is 6.07 Å². The Kier molecular flexibility index (Phi) is 3.23. The summed E-state index contributed by atoms with van der Waals surface area (Å²) in [5, 5.41) is 10.5. The van der Waals surface area contributed by atoms with Gasteiger partial charge in [-0.15, -0.1) is 0 Å². The molecule has 0 radical (unpaired) electrons. The molecule has 1 fully saturated rings. The molecule has 92 valence electrons. The minimum atomic E-state index is -0.438. The first kappa shape index (κ1) is 11.8. The van der Waals surface area contributed by atoms with Crippen molar-refractivity contribution in [1.82, 2.24) is 4.98 Å². The third kappa shape index (κ3) is 2.36. The van der Waals surface area contributed by atoms with Crippen molar-refractivity contribution in [1.29, 1.82) is 0 Å². The minimum Gasteiger partial charge on any atom is -0.354 e. The van der Waals surface area contributed by atoms with Crippen LogP contribution in [0.2, 0.25) is 0 Å². The van der Waals surface area contributed by atoms with E-state index in [0.29, 0.717) is 18.5 Å². The molecule has 2 unspecified atom stereocenters. The number of nitrogens with zero attached hydrogens (tertiary/aromatic N) is 3. The highest BCUT2D eigenvalue weighted by molar-refractivity contribution is 5.44. The lowest BCUT2D eigenvalue weighted by Crippen LogP contribution is -2.28. The predicted octanol–water partition coefficient (Wildman–Crippen LogP) is 1.16. The molecule has 0 amide bonds. The van der Waals surface area contributed by atoms with Crippen molar-refractivity contribution >= 4 is 11.5 Å². The lowest BCUT2D eigenvalue weighted by molar-refractivity contribution is -0.385. The molecule has 0 spiro atoms. The van der Waals surface area contributed by atoms with Crippen LogP contribution in [0.3, 0.4) is 0 Å². The number of anilines is 1. The first-order valence-corrected chi connectivity index (χ1v) is 5.69. The lowest BCUT2D eigenvalue weighted by Gasteiger charge is -2.22. The molecule has 2 atom stereocenters. The molecule has 0 saturated carbocycles. The van der Waals surface area contributed by atoms with E-state index in [1.165, 1.54) is 12.3 Å². The monoisotopic (exact) mass is 236 g/mol. The van der Waals surface area contributed by atoms with Crippen LogP contribution in [0.25, 0.3) is 0 Å². The molecule has 1 aliphatic heterocycles. The maximum Gasteiger partial charge on any atom is 0.287 e. The number of nitrogens with two attached hydrogens (primary N) is 1. The zero-order valence-corrected chi connectivity index (χ0v) is 9.74. The van der Waals surface area contributed by atoms with Crippen molar-refractivity contribution in [3.63, 3.8) is 0 Å². The summed E-state index contributed by atoms with van der Waals surface area (Å²) in [5.41, 5.74) is 5.69. The van der Waals surface area contributed by atoms with E-state index in [-0.39, 0.29) is 5.69 Å². The van der Waals surface area contributed by atoms with Crippen LogP contribution in [0, 0.1) is 16.0 Å². The highest BCUT2D eigenvalue weighted by Crippen LogP contribution is 2.27. The van der Waals surface area contributed by atoms with Gasteiger partial charge in [-0.2, -0.15) is 0 Å². The van der Waals surface area contributed by atoms with Gasteiger partial charge in [-0.25, -0.2) is 4.98 Å². The SMILES string of the molecule is CC1CC(CN)CN1c1ccc([N+](=O)[O-])cn1. The van der Waals surface area contributed by atoms with Gasteiger partial charge in [-0.05, 0) is 31.9 Å². The van der Waals surface area contributed by atoms with Gasteiger partial charge in [0.2, 0.25) is 0 Å². The highest BCUT2D eigenvalue weighted by atomic mass is 16.6. The molecule has 6 heteroatoms. The van der Waals surface area contributed by atoms with E-state index in [0.717, 1.165) is 18.8 Å². The van der Waals surface area contributed by atoms with E-state index >= 15 is 0 Å². The summed E-state index contributed by atoms with van der Waals surface area (Å²) in [6.45, 7) is 3.68. The molecule has 2 heterocycles. The van der Waals surface area contributed by atoms with Crippen LogP contribution in [0.1, 0.15) is 13.3 Å². The summed E-state index contributed by atoms with van der Waals surface area (Å²) in [7, 11) is 0. The first-order chi connectivity index (χ1) is 8.11. The summed E-state index contributed by atoms with van der Waals surface area (Å²) >= 11 is 0. The summed E-state index contributed by atoms with van der Waals surface area (Å²) < 4.78 is 0. The van der Waals surface area contributed by atoms with E-state index in [9.17, 15) is 10.1 Å². The zero-order valence-electron chi connectivity index (χ0n) is 9.74. The molecular weight excluding hydrogens is 220 g/mol. The molecule has 0 aliphatic carbocycles. The van der Waals surface area contributed by atoms with Crippen molar-refractivity contribution in [3.05, 3.63) is 28.4 Å². The van der Waals surface area contributed by atoms with Gasteiger partial charge in [0.25, 0.3) is 5.69 Å². The van der Waals surface area contributed by atoms with Gasteiger partial charge in [-0.3, -0.25) is 10.1 Å². The van der Waals surface area contributed by atoms with Crippen LogP contribution in [-0.4, -0.2) is 29.0 Å². The summed E-state index contributed by atoms with van der Waals surface area (Å²) in [4.78, 5) is 16.4. The lowest BCUT2D eigenvalue weighted by atomic mass is 10.1. The molecule has 2 rings (SSSR count). The van der Waals surface area contributed by atoms with Gasteiger partial charge in [0.15, 0.2) is 0 Å². The minimum absolute atomic E-state index is 0.0241. The Hall–Kier alpha value is -1.69. The number of pyridine rings is 1.